The van der Waals surface area contributed by atoms with Crippen molar-refractivity contribution in [3.8, 4) is 11.8 Å². The second-order valence-electron chi connectivity index (χ2n) is 5.94. The minimum Gasteiger partial charge on any atom is -0.422 e. The van der Waals surface area contributed by atoms with Crippen LogP contribution in [0.3, 0.4) is 0 Å². The van der Waals surface area contributed by atoms with Crippen molar-refractivity contribution in [3.63, 3.8) is 0 Å². The third-order valence-electron chi connectivity index (χ3n) is 3.98. The van der Waals surface area contributed by atoms with Crippen molar-refractivity contribution in [2.45, 2.75) is 13.0 Å². The Labute approximate surface area is 154 Å². The number of rotatable bonds is 3. The molecule has 0 aliphatic heterocycles. The topological polar surface area (TPSA) is 60.9 Å². The van der Waals surface area contributed by atoms with E-state index in [4.69, 9.17) is 4.42 Å². The summed E-state index contributed by atoms with van der Waals surface area (Å²) in [5.74, 6) is 5.64. The lowest BCUT2D eigenvalue weighted by atomic mass is 10.2. The van der Waals surface area contributed by atoms with Crippen LogP contribution in [0.4, 0.5) is 4.39 Å². The first-order valence-electron chi connectivity index (χ1n) is 8.32. The second-order valence-corrected chi connectivity index (χ2v) is 5.94. The van der Waals surface area contributed by atoms with Crippen LogP contribution >= 0.6 is 0 Å². The molecule has 0 amide bonds. The van der Waals surface area contributed by atoms with Gasteiger partial charge >= 0.3 is 0 Å². The molecule has 0 saturated carbocycles. The predicted octanol–water partition coefficient (Wildman–Crippen LogP) is 3.17. The first-order valence-corrected chi connectivity index (χ1v) is 8.32. The fourth-order valence-corrected chi connectivity index (χ4v) is 2.62. The van der Waals surface area contributed by atoms with Crippen molar-refractivity contribution in [1.82, 2.24) is 14.5 Å². The molecule has 2 heterocycles. The summed E-state index contributed by atoms with van der Waals surface area (Å²) in [6, 6.07) is 15.7. The molecule has 0 fully saturated rings. The van der Waals surface area contributed by atoms with Crippen molar-refractivity contribution in [1.29, 1.82) is 0 Å². The van der Waals surface area contributed by atoms with E-state index < -0.39 is 0 Å². The average molecular weight is 359 g/mol. The lowest BCUT2D eigenvalue weighted by Gasteiger charge is -2.04. The predicted molar refractivity (Wildman–Crippen MR) is 98.6 cm³/mol. The van der Waals surface area contributed by atoms with Crippen LogP contribution < -0.4 is 5.56 Å². The molecule has 0 unspecified atom stereocenters. The first-order chi connectivity index (χ1) is 13.2. The monoisotopic (exact) mass is 359 g/mol. The first kappa shape index (κ1) is 16.7. The van der Waals surface area contributed by atoms with E-state index in [1.807, 2.05) is 30.3 Å². The highest BCUT2D eigenvalue weighted by atomic mass is 19.1. The van der Waals surface area contributed by atoms with Gasteiger partial charge in [-0.1, -0.05) is 48.4 Å². The van der Waals surface area contributed by atoms with Crippen molar-refractivity contribution in [2.24, 2.45) is 0 Å². The molecule has 0 N–H and O–H groups in total. The van der Waals surface area contributed by atoms with Gasteiger partial charge in [0.05, 0.1) is 6.54 Å². The van der Waals surface area contributed by atoms with Gasteiger partial charge in [0.15, 0.2) is 0 Å². The minimum atomic E-state index is -0.354. The van der Waals surface area contributed by atoms with Gasteiger partial charge in [-0.2, -0.15) is 4.98 Å². The summed E-state index contributed by atoms with van der Waals surface area (Å²) in [6.07, 6.45) is 1.96. The molecular formula is C21H14FN3O2. The van der Waals surface area contributed by atoms with Crippen molar-refractivity contribution < 1.29 is 8.81 Å². The van der Waals surface area contributed by atoms with Crippen LogP contribution in [0.25, 0.3) is 11.2 Å². The highest BCUT2D eigenvalue weighted by Gasteiger charge is 2.12. The minimum absolute atomic E-state index is 0.0589. The maximum atomic E-state index is 13.0. The van der Waals surface area contributed by atoms with E-state index in [2.05, 4.69) is 21.8 Å². The highest BCUT2D eigenvalue weighted by Crippen LogP contribution is 2.09. The number of nitrogens with zero attached hydrogens (tertiary/aromatic N) is 3. The van der Waals surface area contributed by atoms with Crippen LogP contribution in [0.2, 0.25) is 0 Å². The lowest BCUT2D eigenvalue weighted by Crippen LogP contribution is -2.20. The molecule has 132 valence electrons. The molecule has 6 heteroatoms. The van der Waals surface area contributed by atoms with Gasteiger partial charge in [-0.05, 0) is 29.2 Å². The summed E-state index contributed by atoms with van der Waals surface area (Å²) in [6.45, 7) is 0.262. The van der Waals surface area contributed by atoms with Crippen LogP contribution in [0.15, 0.2) is 70.1 Å². The highest BCUT2D eigenvalue weighted by molar-refractivity contribution is 5.66. The quantitative estimate of drug-likeness (QED) is 0.527. The smallest absolute Gasteiger partial charge is 0.299 e. The molecule has 0 radical (unpaired) electrons. The van der Waals surface area contributed by atoms with Gasteiger partial charge in [0.2, 0.25) is 11.2 Å². The Morgan fingerprint density at radius 3 is 2.59 bits per heavy atom. The molecule has 2 aromatic heterocycles. The van der Waals surface area contributed by atoms with Crippen molar-refractivity contribution >= 4 is 11.2 Å². The van der Waals surface area contributed by atoms with Gasteiger partial charge in [0.1, 0.15) is 12.1 Å². The number of halogens is 1. The average Bonchev–Trinajstić information content (AvgIpc) is 3.10. The van der Waals surface area contributed by atoms with E-state index >= 15 is 0 Å². The second kappa shape index (κ2) is 7.26. The summed E-state index contributed by atoms with van der Waals surface area (Å²) in [4.78, 5) is 20.9. The fourth-order valence-electron chi connectivity index (χ4n) is 2.62. The largest absolute Gasteiger partial charge is 0.422 e. The molecule has 27 heavy (non-hydrogen) atoms. The standard InChI is InChI=1S/C21H14FN3O2/c22-17-11-9-16(10-12-17)13-25-14-23-20-19(21(25)26)27-18(24-20)8-4-7-15-5-2-1-3-6-15/h1-3,5-6,9-12,14H,7,13H2. The van der Waals surface area contributed by atoms with Gasteiger partial charge in [-0.15, -0.1) is 0 Å². The van der Waals surface area contributed by atoms with Crippen molar-refractivity contribution in [3.05, 3.63) is 94.1 Å². The molecular weight excluding hydrogens is 345 g/mol. The van der Waals surface area contributed by atoms with Crippen LogP contribution in [0.5, 0.6) is 0 Å². The molecule has 0 bridgehead atoms. The van der Waals surface area contributed by atoms with Crippen LogP contribution in [0, 0.1) is 17.7 Å². The Hall–Kier alpha value is -3.72. The Balaban J connectivity index is 1.58. The summed E-state index contributed by atoms with van der Waals surface area (Å²) in [7, 11) is 0. The Kier molecular flexibility index (Phi) is 4.50. The fraction of sp³-hybridized carbons (Fsp3) is 0.0952. The summed E-state index contributed by atoms with van der Waals surface area (Å²) < 4.78 is 19.9. The number of oxazole rings is 1. The summed E-state index contributed by atoms with van der Waals surface area (Å²) >= 11 is 0. The normalized spacial score (nSPS) is 10.6. The third-order valence-corrected chi connectivity index (χ3v) is 3.98. The van der Waals surface area contributed by atoms with E-state index in [-0.39, 0.29) is 35.0 Å². The van der Waals surface area contributed by atoms with E-state index in [0.29, 0.717) is 6.42 Å². The van der Waals surface area contributed by atoms with Gasteiger partial charge in [0.25, 0.3) is 11.4 Å². The molecule has 0 atom stereocenters. The molecule has 0 aliphatic carbocycles. The van der Waals surface area contributed by atoms with Gasteiger partial charge in [0, 0.05) is 6.42 Å². The van der Waals surface area contributed by atoms with E-state index in [1.165, 1.54) is 23.0 Å². The lowest BCUT2D eigenvalue weighted by molar-refractivity contribution is 0.574. The summed E-state index contributed by atoms with van der Waals surface area (Å²) in [5.41, 5.74) is 1.79. The van der Waals surface area contributed by atoms with E-state index in [0.717, 1.165) is 11.1 Å². The van der Waals surface area contributed by atoms with Crippen LogP contribution in [0.1, 0.15) is 17.0 Å². The molecule has 2 aromatic carbocycles. The van der Waals surface area contributed by atoms with Crippen molar-refractivity contribution in [2.75, 3.05) is 0 Å². The van der Waals surface area contributed by atoms with Crippen LogP contribution in [-0.4, -0.2) is 14.5 Å². The number of hydrogen-bond donors (Lipinski definition) is 0. The zero-order valence-corrected chi connectivity index (χ0v) is 14.2. The van der Waals surface area contributed by atoms with Gasteiger partial charge < -0.3 is 4.42 Å². The Bertz CT molecular complexity index is 1200. The molecule has 4 rings (SSSR count). The van der Waals surface area contributed by atoms with Gasteiger partial charge in [-0.3, -0.25) is 9.36 Å². The van der Waals surface area contributed by atoms with E-state index in [1.54, 1.807) is 12.1 Å². The maximum absolute atomic E-state index is 13.0. The Morgan fingerprint density at radius 2 is 1.81 bits per heavy atom. The molecule has 5 nitrogen and oxygen atoms in total. The molecule has 0 aliphatic rings. The van der Waals surface area contributed by atoms with Gasteiger partial charge in [-0.25, -0.2) is 9.37 Å². The number of fused-ring (bicyclic) bond motifs is 1. The molecule has 0 spiro atoms. The zero-order chi connectivity index (χ0) is 18.6. The molecule has 4 aromatic rings. The number of hydrogen-bond acceptors (Lipinski definition) is 4. The number of aromatic nitrogens is 3. The van der Waals surface area contributed by atoms with E-state index in [9.17, 15) is 9.18 Å². The summed E-state index contributed by atoms with van der Waals surface area (Å²) in [5, 5.41) is 0. The molecule has 0 saturated heterocycles. The Morgan fingerprint density at radius 1 is 1.04 bits per heavy atom. The SMILES string of the molecule is O=c1c2oc(C#CCc3ccccc3)nc2ncn1Cc1ccc(F)cc1. The van der Waals surface area contributed by atoms with Crippen LogP contribution in [-0.2, 0) is 13.0 Å². The number of benzene rings is 2. The zero-order valence-electron chi connectivity index (χ0n) is 14.2. The maximum Gasteiger partial charge on any atom is 0.299 e. The third kappa shape index (κ3) is 3.77.